The molecule has 5 heteroatoms. The maximum Gasteiger partial charge on any atom is 0.327 e. The van der Waals surface area contributed by atoms with Crippen LogP contribution in [0, 0.1) is 0 Å². The van der Waals surface area contributed by atoms with Gasteiger partial charge in [0.05, 0.1) is 6.54 Å². The number of carbonyl (C=O) groups is 2. The Labute approximate surface area is 63.0 Å². The Bertz CT molecular complexity index is 242. The lowest BCUT2D eigenvalue weighted by Gasteiger charge is -1.98. The van der Waals surface area contributed by atoms with E-state index in [1.807, 2.05) is 0 Å². The molecule has 58 valence electrons. The van der Waals surface area contributed by atoms with E-state index in [1.54, 1.807) is 0 Å². The number of rotatable bonds is 2. The van der Waals surface area contributed by atoms with Gasteiger partial charge in [-0.15, -0.1) is 0 Å². The number of imidazole rings is 1. The number of carbonyl (C=O) groups excluding carboxylic acids is 2. The standard InChI is InChI=1S/C6H7N3O2/c10-4-2-8-6(11)9-3-1-7-5-9/h1,3-5H,2H2,(H,8,11). The second kappa shape index (κ2) is 3.50. The summed E-state index contributed by atoms with van der Waals surface area (Å²) in [5.74, 6) is 0. The zero-order valence-corrected chi connectivity index (χ0v) is 5.73. The minimum absolute atomic E-state index is 0.0248. The molecular weight excluding hydrogens is 146 g/mol. The number of aromatic nitrogens is 2. The number of aldehydes is 1. The number of nitrogens with zero attached hydrogens (tertiary/aromatic N) is 2. The van der Waals surface area contributed by atoms with Crippen LogP contribution in [0.2, 0.25) is 0 Å². The summed E-state index contributed by atoms with van der Waals surface area (Å²) in [6, 6.07) is -0.352. The fourth-order valence-electron chi connectivity index (χ4n) is 0.600. The van der Waals surface area contributed by atoms with E-state index in [4.69, 9.17) is 0 Å². The molecule has 0 saturated heterocycles. The molecule has 0 unspecified atom stereocenters. The van der Waals surface area contributed by atoms with Crippen LogP contribution < -0.4 is 5.32 Å². The van der Waals surface area contributed by atoms with Crippen LogP contribution >= 0.6 is 0 Å². The molecule has 1 amide bonds. The third kappa shape index (κ3) is 1.89. The van der Waals surface area contributed by atoms with Crippen LogP contribution in [0.15, 0.2) is 18.7 Å². The Morgan fingerprint density at radius 2 is 2.55 bits per heavy atom. The van der Waals surface area contributed by atoms with Crippen molar-refractivity contribution >= 4 is 12.3 Å². The van der Waals surface area contributed by atoms with Crippen molar-refractivity contribution < 1.29 is 9.59 Å². The molecule has 1 heterocycles. The van der Waals surface area contributed by atoms with Gasteiger partial charge in [-0.1, -0.05) is 0 Å². The number of hydrogen-bond acceptors (Lipinski definition) is 3. The van der Waals surface area contributed by atoms with Crippen LogP contribution in [0.1, 0.15) is 0 Å². The van der Waals surface area contributed by atoms with E-state index < -0.39 is 0 Å². The highest BCUT2D eigenvalue weighted by Gasteiger charge is 1.99. The third-order valence-corrected chi connectivity index (χ3v) is 1.08. The van der Waals surface area contributed by atoms with E-state index in [0.29, 0.717) is 6.29 Å². The largest absolute Gasteiger partial charge is 0.331 e. The van der Waals surface area contributed by atoms with Crippen LogP contribution in [0.25, 0.3) is 0 Å². The summed E-state index contributed by atoms with van der Waals surface area (Å²) in [5, 5.41) is 2.35. The zero-order chi connectivity index (χ0) is 8.10. The average molecular weight is 153 g/mol. The Hall–Kier alpha value is -1.65. The molecule has 0 radical (unpaired) electrons. The number of nitrogens with one attached hydrogen (secondary N) is 1. The first-order valence-electron chi connectivity index (χ1n) is 3.04. The van der Waals surface area contributed by atoms with Gasteiger partial charge in [0.2, 0.25) is 0 Å². The fourth-order valence-corrected chi connectivity index (χ4v) is 0.600. The summed E-state index contributed by atoms with van der Waals surface area (Å²) in [4.78, 5) is 24.4. The van der Waals surface area contributed by atoms with E-state index in [2.05, 4.69) is 10.3 Å². The lowest BCUT2D eigenvalue weighted by atomic mass is 10.7. The smallest absolute Gasteiger partial charge is 0.327 e. The SMILES string of the molecule is O=CCNC(=O)n1ccnc1. The maximum atomic E-state index is 10.9. The molecule has 0 fully saturated rings. The van der Waals surface area contributed by atoms with E-state index in [0.717, 1.165) is 0 Å². The maximum absolute atomic E-state index is 10.9. The van der Waals surface area contributed by atoms with Gasteiger partial charge in [-0.05, 0) is 0 Å². The van der Waals surface area contributed by atoms with Crippen LogP contribution in [-0.4, -0.2) is 28.4 Å². The van der Waals surface area contributed by atoms with Crippen LogP contribution in [-0.2, 0) is 4.79 Å². The third-order valence-electron chi connectivity index (χ3n) is 1.08. The quantitative estimate of drug-likeness (QED) is 0.590. The topological polar surface area (TPSA) is 64.0 Å². The van der Waals surface area contributed by atoms with Gasteiger partial charge in [-0.2, -0.15) is 0 Å². The Morgan fingerprint density at radius 3 is 3.09 bits per heavy atom. The van der Waals surface area contributed by atoms with Gasteiger partial charge in [0, 0.05) is 12.4 Å². The van der Waals surface area contributed by atoms with Crippen molar-refractivity contribution in [3.63, 3.8) is 0 Å². The second-order valence-electron chi connectivity index (χ2n) is 1.82. The molecule has 1 aromatic rings. The first kappa shape index (κ1) is 7.46. The molecule has 11 heavy (non-hydrogen) atoms. The molecule has 0 aliphatic carbocycles. The van der Waals surface area contributed by atoms with Gasteiger partial charge in [-0.3, -0.25) is 4.57 Å². The van der Waals surface area contributed by atoms with Crippen LogP contribution in [0.5, 0.6) is 0 Å². The molecule has 0 aliphatic rings. The van der Waals surface area contributed by atoms with Crippen molar-refractivity contribution in [3.8, 4) is 0 Å². The van der Waals surface area contributed by atoms with Crippen molar-refractivity contribution in [2.75, 3.05) is 6.54 Å². The predicted octanol–water partition coefficient (Wildman–Crippen LogP) is -0.360. The van der Waals surface area contributed by atoms with Gasteiger partial charge in [0.25, 0.3) is 0 Å². The molecule has 5 nitrogen and oxygen atoms in total. The molecule has 1 aromatic heterocycles. The van der Waals surface area contributed by atoms with Crippen molar-refractivity contribution in [1.29, 1.82) is 0 Å². The minimum Gasteiger partial charge on any atom is -0.331 e. The lowest BCUT2D eigenvalue weighted by Crippen LogP contribution is -2.28. The normalized spacial score (nSPS) is 9.09. The van der Waals surface area contributed by atoms with Gasteiger partial charge in [0.1, 0.15) is 12.6 Å². The molecule has 0 bridgehead atoms. The molecule has 0 aliphatic heterocycles. The summed E-state index contributed by atoms with van der Waals surface area (Å²) >= 11 is 0. The highest BCUT2D eigenvalue weighted by molar-refractivity contribution is 5.78. The summed E-state index contributed by atoms with van der Waals surface area (Å²) in [5.41, 5.74) is 0. The summed E-state index contributed by atoms with van der Waals surface area (Å²) in [6.45, 7) is 0.0248. The molecule has 1 rings (SSSR count). The van der Waals surface area contributed by atoms with Crippen LogP contribution in [0.4, 0.5) is 4.79 Å². The van der Waals surface area contributed by atoms with Crippen LogP contribution in [0.3, 0.4) is 0 Å². The van der Waals surface area contributed by atoms with Crippen molar-refractivity contribution in [1.82, 2.24) is 14.9 Å². The average Bonchev–Trinajstić information content (AvgIpc) is 2.52. The molecule has 0 aromatic carbocycles. The fraction of sp³-hybridized carbons (Fsp3) is 0.167. The van der Waals surface area contributed by atoms with Crippen molar-refractivity contribution in [2.45, 2.75) is 0 Å². The van der Waals surface area contributed by atoms with Gasteiger partial charge >= 0.3 is 6.03 Å². The highest BCUT2D eigenvalue weighted by Crippen LogP contribution is 1.82. The zero-order valence-electron chi connectivity index (χ0n) is 5.73. The van der Waals surface area contributed by atoms with Gasteiger partial charge in [-0.25, -0.2) is 9.78 Å². The highest BCUT2D eigenvalue weighted by atomic mass is 16.2. The molecule has 0 spiro atoms. The summed E-state index contributed by atoms with van der Waals surface area (Å²) < 4.78 is 1.25. The predicted molar refractivity (Wildman–Crippen MR) is 37.1 cm³/mol. The number of amides is 1. The van der Waals surface area contributed by atoms with Crippen molar-refractivity contribution in [2.24, 2.45) is 0 Å². The van der Waals surface area contributed by atoms with E-state index in [9.17, 15) is 9.59 Å². The Morgan fingerprint density at radius 1 is 1.73 bits per heavy atom. The Balaban J connectivity index is 2.49. The van der Waals surface area contributed by atoms with Crippen molar-refractivity contribution in [3.05, 3.63) is 18.7 Å². The first-order chi connectivity index (χ1) is 5.34. The minimum atomic E-state index is -0.352. The van der Waals surface area contributed by atoms with Gasteiger partial charge < -0.3 is 10.1 Å². The molecular formula is C6H7N3O2. The van der Waals surface area contributed by atoms with E-state index >= 15 is 0 Å². The molecule has 1 N–H and O–H groups in total. The lowest BCUT2D eigenvalue weighted by molar-refractivity contribution is -0.107. The van der Waals surface area contributed by atoms with Gasteiger partial charge in [0.15, 0.2) is 0 Å². The van der Waals surface area contributed by atoms with E-state index in [-0.39, 0.29) is 12.6 Å². The summed E-state index contributed by atoms with van der Waals surface area (Å²) in [6.07, 6.45) is 4.97. The number of hydrogen-bond donors (Lipinski definition) is 1. The Kier molecular flexibility index (Phi) is 2.37. The first-order valence-corrected chi connectivity index (χ1v) is 3.04. The monoisotopic (exact) mass is 153 g/mol. The van der Waals surface area contributed by atoms with E-state index in [1.165, 1.54) is 23.3 Å². The molecule has 0 saturated carbocycles. The molecule has 0 atom stereocenters. The summed E-state index contributed by atoms with van der Waals surface area (Å²) in [7, 11) is 0. The second-order valence-corrected chi connectivity index (χ2v) is 1.82.